The number of carbonyl (C=O) groups is 1. The quantitative estimate of drug-likeness (QED) is 0.746. The number of allylic oxidation sites excluding steroid dienone is 3. The van der Waals surface area contributed by atoms with E-state index < -0.39 is 22.7 Å². The number of piperidine rings is 1. The maximum atomic E-state index is 12.7. The Bertz CT molecular complexity index is 756. The topological polar surface area (TPSA) is 70.0 Å². The standard InChI is InChI=1S/C18H19NO4/c1-2-5-19-12-6-9-3-4-10(20)14-13(9)17-8-16(19,18(12,17)22)7-11(21)15(17)23-14/h2-4,9,12-13,15,20,22H,1,5-8H2/t9?,12-,13?,15?,16+,17+,18+/m1/s1. The van der Waals surface area contributed by atoms with E-state index in [4.69, 9.17) is 4.74 Å². The molecular formula is C18H19NO4. The number of likely N-dealkylation sites (tertiary alicyclic amines) is 1. The van der Waals surface area contributed by atoms with Crippen LogP contribution in [-0.4, -0.2) is 50.7 Å². The van der Waals surface area contributed by atoms with E-state index in [0.717, 1.165) is 12.8 Å². The summed E-state index contributed by atoms with van der Waals surface area (Å²) in [7, 11) is 0. The van der Waals surface area contributed by atoms with E-state index in [9.17, 15) is 15.0 Å². The highest BCUT2D eigenvalue weighted by Crippen LogP contribution is 2.83. The number of nitrogens with zero attached hydrogens (tertiary/aromatic N) is 1. The van der Waals surface area contributed by atoms with Gasteiger partial charge in [0.05, 0.1) is 11.0 Å². The smallest absolute Gasteiger partial charge is 0.175 e. The van der Waals surface area contributed by atoms with Gasteiger partial charge in [-0.15, -0.1) is 6.58 Å². The number of hydrogen-bond acceptors (Lipinski definition) is 5. The molecule has 7 atom stereocenters. The highest BCUT2D eigenvalue weighted by atomic mass is 16.5. The Hall–Kier alpha value is -1.59. The molecule has 7 aliphatic rings. The summed E-state index contributed by atoms with van der Waals surface area (Å²) in [5.74, 6) is 0.906. The summed E-state index contributed by atoms with van der Waals surface area (Å²) in [5, 5.41) is 21.9. The zero-order valence-electron chi connectivity index (χ0n) is 12.7. The number of hydrogen-bond donors (Lipinski definition) is 2. The van der Waals surface area contributed by atoms with Crippen molar-refractivity contribution in [2.45, 2.75) is 42.5 Å². The van der Waals surface area contributed by atoms with Crippen LogP contribution in [0.25, 0.3) is 0 Å². The Kier molecular flexibility index (Phi) is 1.82. The van der Waals surface area contributed by atoms with Gasteiger partial charge in [-0.25, -0.2) is 0 Å². The van der Waals surface area contributed by atoms with Crippen LogP contribution in [0.5, 0.6) is 0 Å². The van der Waals surface area contributed by atoms with Crippen molar-refractivity contribution in [3.63, 3.8) is 0 Å². The Labute approximate surface area is 133 Å². The van der Waals surface area contributed by atoms with Crippen LogP contribution in [0.3, 0.4) is 0 Å². The summed E-state index contributed by atoms with van der Waals surface area (Å²) in [4.78, 5) is 15.0. The molecule has 0 aromatic rings. The number of aliphatic hydroxyl groups is 2. The second-order valence-electron chi connectivity index (χ2n) is 8.10. The minimum absolute atomic E-state index is 0.0537. The van der Waals surface area contributed by atoms with Gasteiger partial charge in [-0.3, -0.25) is 9.69 Å². The average Bonchev–Trinajstić information content (AvgIpc) is 2.90. The predicted molar refractivity (Wildman–Crippen MR) is 80.3 cm³/mol. The molecule has 0 aromatic heterocycles. The van der Waals surface area contributed by atoms with Crippen molar-refractivity contribution in [1.29, 1.82) is 0 Å². The number of Topliss-reactive ketones (excluding diaryl/α,β-unsaturated/α-hetero) is 1. The molecule has 0 amide bonds. The molecule has 5 aliphatic carbocycles. The second-order valence-corrected chi connectivity index (χ2v) is 8.10. The fraction of sp³-hybridized carbons (Fsp3) is 0.611. The van der Waals surface area contributed by atoms with Crippen LogP contribution in [0, 0.1) is 17.3 Å². The van der Waals surface area contributed by atoms with Crippen molar-refractivity contribution >= 4 is 5.78 Å². The Balaban J connectivity index is 1.59. The van der Waals surface area contributed by atoms with E-state index in [0.29, 0.717) is 18.7 Å². The van der Waals surface area contributed by atoms with Crippen LogP contribution < -0.4 is 0 Å². The van der Waals surface area contributed by atoms with Gasteiger partial charge in [-0.2, -0.15) is 0 Å². The Morgan fingerprint density at radius 3 is 3.13 bits per heavy atom. The van der Waals surface area contributed by atoms with Crippen molar-refractivity contribution in [1.82, 2.24) is 4.90 Å². The summed E-state index contributed by atoms with van der Waals surface area (Å²) in [6, 6.07) is 0.0546. The first-order chi connectivity index (χ1) is 11.0. The molecule has 4 saturated carbocycles. The summed E-state index contributed by atoms with van der Waals surface area (Å²) < 4.78 is 5.97. The third-order valence-electron chi connectivity index (χ3n) is 7.72. The zero-order chi connectivity index (χ0) is 15.8. The SMILES string of the molecule is C=CCN1[C@@H]2CC3C=CC(O)=C4OC5C(=O)C[C@@]16C[C@@]5(C43)[C@]26O. The van der Waals surface area contributed by atoms with E-state index in [-0.39, 0.29) is 29.4 Å². The van der Waals surface area contributed by atoms with Gasteiger partial charge in [0.25, 0.3) is 0 Å². The van der Waals surface area contributed by atoms with Gasteiger partial charge < -0.3 is 14.9 Å². The number of ketones is 1. The fourth-order valence-electron chi connectivity index (χ4n) is 7.27. The van der Waals surface area contributed by atoms with E-state index in [1.165, 1.54) is 0 Å². The van der Waals surface area contributed by atoms with Crippen LogP contribution in [0.4, 0.5) is 0 Å². The highest BCUT2D eigenvalue weighted by molar-refractivity contribution is 5.91. The molecule has 0 aromatic carbocycles. The largest absolute Gasteiger partial charge is 0.504 e. The van der Waals surface area contributed by atoms with Crippen LogP contribution in [0.2, 0.25) is 0 Å². The maximum Gasteiger partial charge on any atom is 0.175 e. The van der Waals surface area contributed by atoms with Gasteiger partial charge >= 0.3 is 0 Å². The van der Waals surface area contributed by atoms with Crippen molar-refractivity contribution in [2.75, 3.05) is 6.54 Å². The van der Waals surface area contributed by atoms with Crippen LogP contribution in [0.15, 0.2) is 36.3 Å². The van der Waals surface area contributed by atoms with Gasteiger partial charge in [-0.05, 0) is 24.8 Å². The summed E-state index contributed by atoms with van der Waals surface area (Å²) >= 11 is 0. The minimum Gasteiger partial charge on any atom is -0.504 e. The van der Waals surface area contributed by atoms with Crippen molar-refractivity contribution < 1.29 is 19.7 Å². The monoisotopic (exact) mass is 313 g/mol. The molecule has 2 spiro atoms. The zero-order valence-corrected chi connectivity index (χ0v) is 12.7. The van der Waals surface area contributed by atoms with Crippen LogP contribution in [0.1, 0.15) is 19.3 Å². The lowest BCUT2D eigenvalue weighted by Crippen LogP contribution is -3.02. The molecular weight excluding hydrogens is 294 g/mol. The third kappa shape index (κ3) is 0.905. The molecule has 2 heterocycles. The van der Waals surface area contributed by atoms with Crippen molar-refractivity contribution in [2.24, 2.45) is 17.3 Å². The third-order valence-corrected chi connectivity index (χ3v) is 7.72. The minimum atomic E-state index is -0.865. The molecule has 2 aliphatic heterocycles. The number of ether oxygens (including phenoxy) is 1. The molecule has 23 heavy (non-hydrogen) atoms. The van der Waals surface area contributed by atoms with E-state index in [1.54, 1.807) is 6.08 Å². The summed E-state index contributed by atoms with van der Waals surface area (Å²) in [6.07, 6.45) is 6.97. The summed E-state index contributed by atoms with van der Waals surface area (Å²) in [5.41, 5.74) is -1.84. The van der Waals surface area contributed by atoms with E-state index in [1.807, 2.05) is 12.2 Å². The molecule has 3 unspecified atom stereocenters. The molecule has 2 N–H and O–H groups in total. The van der Waals surface area contributed by atoms with Crippen molar-refractivity contribution in [3.05, 3.63) is 36.3 Å². The summed E-state index contributed by atoms with van der Waals surface area (Å²) in [6.45, 7) is 4.55. The molecule has 2 bridgehead atoms. The van der Waals surface area contributed by atoms with Crippen molar-refractivity contribution in [3.8, 4) is 0 Å². The van der Waals surface area contributed by atoms with Gasteiger partial charge in [0.15, 0.2) is 17.6 Å². The molecule has 6 fully saturated rings. The van der Waals surface area contributed by atoms with Gasteiger partial charge in [0, 0.05) is 24.9 Å². The predicted octanol–water partition coefficient (Wildman–Crippen LogP) is 1.06. The second kappa shape index (κ2) is 3.28. The number of fused-ring (bicyclic) bond motifs is 1. The maximum absolute atomic E-state index is 12.7. The first kappa shape index (κ1) is 12.8. The Morgan fingerprint density at radius 1 is 1.52 bits per heavy atom. The first-order valence-electron chi connectivity index (χ1n) is 8.42. The fourth-order valence-corrected chi connectivity index (χ4v) is 7.27. The molecule has 5 nitrogen and oxygen atoms in total. The lowest BCUT2D eigenvalue weighted by Gasteiger charge is -2.87. The molecule has 0 radical (unpaired) electrons. The number of rotatable bonds is 2. The normalized spacial score (nSPS) is 57.3. The molecule has 5 heteroatoms. The lowest BCUT2D eigenvalue weighted by molar-refractivity contribution is -0.427. The lowest BCUT2D eigenvalue weighted by atomic mass is 9.26. The van der Waals surface area contributed by atoms with Gasteiger partial charge in [-0.1, -0.05) is 12.2 Å². The molecule has 120 valence electrons. The Morgan fingerprint density at radius 2 is 2.35 bits per heavy atom. The van der Waals surface area contributed by atoms with E-state index >= 15 is 0 Å². The number of carbonyl (C=O) groups excluding carboxylic acids is 1. The molecule has 7 rings (SSSR count). The van der Waals surface area contributed by atoms with Gasteiger partial charge in [0.2, 0.25) is 0 Å². The van der Waals surface area contributed by atoms with Crippen LogP contribution in [-0.2, 0) is 9.53 Å². The van der Waals surface area contributed by atoms with E-state index in [2.05, 4.69) is 11.5 Å². The average molecular weight is 313 g/mol. The highest BCUT2D eigenvalue weighted by Gasteiger charge is 2.95. The van der Waals surface area contributed by atoms with Gasteiger partial charge in [0.1, 0.15) is 11.4 Å². The first-order valence-corrected chi connectivity index (χ1v) is 8.42. The number of aliphatic hydroxyl groups excluding tert-OH is 1. The molecule has 2 saturated heterocycles. The van der Waals surface area contributed by atoms with Crippen LogP contribution >= 0.6 is 0 Å².